The van der Waals surface area contributed by atoms with Crippen LogP contribution in [0, 0.1) is 0 Å². The summed E-state index contributed by atoms with van der Waals surface area (Å²) >= 11 is 1.76. The maximum atomic E-state index is 12.1. The molecular weight excluding hydrogens is 236 g/mol. The number of thioether (sulfide) groups is 1. The van der Waals surface area contributed by atoms with E-state index in [4.69, 9.17) is 0 Å². The second kappa shape index (κ2) is 6.49. The molecular formula is C12H18N2O2S. The van der Waals surface area contributed by atoms with Crippen molar-refractivity contribution in [3.63, 3.8) is 0 Å². The summed E-state index contributed by atoms with van der Waals surface area (Å²) in [6.45, 7) is 1.99. The van der Waals surface area contributed by atoms with Gasteiger partial charge in [-0.1, -0.05) is 0 Å². The zero-order valence-electron chi connectivity index (χ0n) is 10.4. The SMILES string of the molecule is CSCC[C@@H](C)N(C)C(=O)c1ncccc1O. The summed E-state index contributed by atoms with van der Waals surface area (Å²) in [5, 5.41) is 9.57. The van der Waals surface area contributed by atoms with Crippen LogP contribution >= 0.6 is 11.8 Å². The van der Waals surface area contributed by atoms with E-state index in [1.54, 1.807) is 29.8 Å². The van der Waals surface area contributed by atoms with E-state index in [-0.39, 0.29) is 23.4 Å². The molecule has 1 N–H and O–H groups in total. The van der Waals surface area contributed by atoms with Crippen LogP contribution < -0.4 is 0 Å². The van der Waals surface area contributed by atoms with Crippen LogP contribution in [-0.2, 0) is 0 Å². The van der Waals surface area contributed by atoms with Gasteiger partial charge in [0.1, 0.15) is 5.75 Å². The lowest BCUT2D eigenvalue weighted by Crippen LogP contribution is -2.35. The van der Waals surface area contributed by atoms with Crippen molar-refractivity contribution in [2.75, 3.05) is 19.1 Å². The number of amides is 1. The number of aromatic hydroxyl groups is 1. The molecule has 0 bridgehead atoms. The van der Waals surface area contributed by atoms with Gasteiger partial charge in [0.15, 0.2) is 5.69 Å². The van der Waals surface area contributed by atoms with E-state index in [9.17, 15) is 9.90 Å². The van der Waals surface area contributed by atoms with Crippen LogP contribution in [0.5, 0.6) is 5.75 Å². The van der Waals surface area contributed by atoms with Gasteiger partial charge in [0.25, 0.3) is 5.91 Å². The molecule has 1 rings (SSSR count). The lowest BCUT2D eigenvalue weighted by atomic mass is 10.2. The molecule has 4 nitrogen and oxygen atoms in total. The molecule has 5 heteroatoms. The predicted molar refractivity (Wildman–Crippen MR) is 70.5 cm³/mol. The van der Waals surface area contributed by atoms with Crippen LogP contribution in [0.25, 0.3) is 0 Å². The Morgan fingerprint density at radius 3 is 2.94 bits per heavy atom. The van der Waals surface area contributed by atoms with Crippen molar-refractivity contribution in [1.29, 1.82) is 0 Å². The first kappa shape index (κ1) is 13.8. The Morgan fingerprint density at radius 2 is 2.35 bits per heavy atom. The maximum Gasteiger partial charge on any atom is 0.276 e. The molecule has 0 aromatic carbocycles. The minimum absolute atomic E-state index is 0.0681. The van der Waals surface area contributed by atoms with Gasteiger partial charge in [-0.05, 0) is 37.5 Å². The Hall–Kier alpha value is -1.23. The highest BCUT2D eigenvalue weighted by molar-refractivity contribution is 7.98. The van der Waals surface area contributed by atoms with Crippen molar-refractivity contribution in [3.8, 4) is 5.75 Å². The third-order valence-corrected chi connectivity index (χ3v) is 3.35. The van der Waals surface area contributed by atoms with Gasteiger partial charge in [-0.2, -0.15) is 11.8 Å². The Balaban J connectivity index is 2.73. The Labute approximate surface area is 106 Å². The van der Waals surface area contributed by atoms with Crippen molar-refractivity contribution in [2.24, 2.45) is 0 Å². The summed E-state index contributed by atoms with van der Waals surface area (Å²) in [5.74, 6) is 0.700. The third-order valence-electron chi connectivity index (χ3n) is 2.71. The molecule has 17 heavy (non-hydrogen) atoms. The van der Waals surface area contributed by atoms with Crippen LogP contribution in [-0.4, -0.2) is 46.0 Å². The molecule has 1 aromatic heterocycles. The van der Waals surface area contributed by atoms with Crippen LogP contribution in [0.3, 0.4) is 0 Å². The zero-order chi connectivity index (χ0) is 12.8. The Bertz CT molecular complexity index is 385. The second-order valence-electron chi connectivity index (χ2n) is 3.92. The first-order valence-electron chi connectivity index (χ1n) is 5.48. The van der Waals surface area contributed by atoms with Gasteiger partial charge in [0, 0.05) is 19.3 Å². The molecule has 1 atom stereocenters. The molecule has 0 saturated heterocycles. The van der Waals surface area contributed by atoms with E-state index in [2.05, 4.69) is 4.98 Å². The lowest BCUT2D eigenvalue weighted by molar-refractivity contribution is 0.0732. The number of pyridine rings is 1. The average Bonchev–Trinajstić information content (AvgIpc) is 2.34. The fraction of sp³-hybridized carbons (Fsp3) is 0.500. The number of aromatic nitrogens is 1. The monoisotopic (exact) mass is 254 g/mol. The standard InChI is InChI=1S/C12H18N2O2S/c1-9(6-8-17-3)14(2)12(16)11-10(15)5-4-7-13-11/h4-5,7,9,15H,6,8H2,1-3H3/t9-/m1/s1. The van der Waals surface area contributed by atoms with Gasteiger partial charge in [-0.15, -0.1) is 0 Å². The molecule has 94 valence electrons. The van der Waals surface area contributed by atoms with E-state index in [1.165, 1.54) is 12.3 Å². The topological polar surface area (TPSA) is 53.4 Å². The number of rotatable bonds is 5. The van der Waals surface area contributed by atoms with Gasteiger partial charge in [-0.3, -0.25) is 4.79 Å². The van der Waals surface area contributed by atoms with Crippen molar-refractivity contribution >= 4 is 17.7 Å². The number of hydrogen-bond acceptors (Lipinski definition) is 4. The molecule has 1 amide bonds. The highest BCUT2D eigenvalue weighted by atomic mass is 32.2. The first-order valence-corrected chi connectivity index (χ1v) is 6.87. The molecule has 0 aliphatic carbocycles. The molecule has 0 spiro atoms. The first-order chi connectivity index (χ1) is 8.07. The quantitative estimate of drug-likeness (QED) is 0.873. The van der Waals surface area contributed by atoms with Crippen molar-refractivity contribution in [2.45, 2.75) is 19.4 Å². The van der Waals surface area contributed by atoms with E-state index in [0.29, 0.717) is 0 Å². The highest BCUT2D eigenvalue weighted by Crippen LogP contribution is 2.16. The van der Waals surface area contributed by atoms with Crippen LogP contribution in [0.2, 0.25) is 0 Å². The Morgan fingerprint density at radius 1 is 1.65 bits per heavy atom. The van der Waals surface area contributed by atoms with Gasteiger partial charge in [-0.25, -0.2) is 4.98 Å². The number of carbonyl (C=O) groups is 1. The number of carbonyl (C=O) groups excluding carboxylic acids is 1. The zero-order valence-corrected chi connectivity index (χ0v) is 11.2. The number of hydrogen-bond donors (Lipinski definition) is 1. The molecule has 0 aliphatic rings. The van der Waals surface area contributed by atoms with E-state index in [1.807, 2.05) is 13.2 Å². The normalized spacial score (nSPS) is 12.2. The molecule has 0 fully saturated rings. The van der Waals surface area contributed by atoms with Crippen LogP contribution in [0.15, 0.2) is 18.3 Å². The van der Waals surface area contributed by atoms with Crippen molar-refractivity contribution in [1.82, 2.24) is 9.88 Å². The minimum Gasteiger partial charge on any atom is -0.505 e. The molecule has 0 unspecified atom stereocenters. The summed E-state index contributed by atoms with van der Waals surface area (Å²) in [6.07, 6.45) is 4.48. The minimum atomic E-state index is -0.239. The third kappa shape index (κ3) is 3.63. The molecule has 0 saturated carbocycles. The molecule has 1 aromatic rings. The van der Waals surface area contributed by atoms with Crippen LogP contribution in [0.4, 0.5) is 0 Å². The van der Waals surface area contributed by atoms with Crippen LogP contribution in [0.1, 0.15) is 23.8 Å². The average molecular weight is 254 g/mol. The summed E-state index contributed by atoms with van der Waals surface area (Å²) < 4.78 is 0. The Kier molecular flexibility index (Phi) is 5.28. The largest absolute Gasteiger partial charge is 0.505 e. The van der Waals surface area contributed by atoms with Gasteiger partial charge in [0.2, 0.25) is 0 Å². The second-order valence-corrected chi connectivity index (χ2v) is 4.90. The fourth-order valence-corrected chi connectivity index (χ4v) is 1.99. The predicted octanol–water partition coefficient (Wildman–Crippen LogP) is 2.00. The van der Waals surface area contributed by atoms with E-state index < -0.39 is 0 Å². The fourth-order valence-electron chi connectivity index (χ4n) is 1.41. The molecule has 0 aliphatic heterocycles. The molecule has 0 radical (unpaired) electrons. The van der Waals surface area contributed by atoms with Gasteiger partial charge >= 0.3 is 0 Å². The van der Waals surface area contributed by atoms with Gasteiger partial charge in [0.05, 0.1) is 0 Å². The highest BCUT2D eigenvalue weighted by Gasteiger charge is 2.20. The summed E-state index contributed by atoms with van der Waals surface area (Å²) in [7, 11) is 1.74. The van der Waals surface area contributed by atoms with E-state index >= 15 is 0 Å². The van der Waals surface area contributed by atoms with Crippen molar-refractivity contribution in [3.05, 3.63) is 24.0 Å². The summed E-state index contributed by atoms with van der Waals surface area (Å²) in [6, 6.07) is 3.21. The summed E-state index contributed by atoms with van der Waals surface area (Å²) in [5.41, 5.74) is 0.117. The van der Waals surface area contributed by atoms with E-state index in [0.717, 1.165) is 12.2 Å². The smallest absolute Gasteiger partial charge is 0.276 e. The molecule has 1 heterocycles. The maximum absolute atomic E-state index is 12.1. The van der Waals surface area contributed by atoms with Crippen molar-refractivity contribution < 1.29 is 9.90 Å². The lowest BCUT2D eigenvalue weighted by Gasteiger charge is -2.24. The number of nitrogens with zero attached hydrogens (tertiary/aromatic N) is 2. The van der Waals surface area contributed by atoms with Gasteiger partial charge < -0.3 is 10.0 Å². The summed E-state index contributed by atoms with van der Waals surface area (Å²) in [4.78, 5) is 17.6.